The summed E-state index contributed by atoms with van der Waals surface area (Å²) in [6, 6.07) is 7.82. The molecule has 1 fully saturated rings. The van der Waals surface area contributed by atoms with Crippen LogP contribution in [0.25, 0.3) is 0 Å². The average molecular weight is 251 g/mol. The van der Waals surface area contributed by atoms with Crippen LogP contribution in [-0.2, 0) is 0 Å². The van der Waals surface area contributed by atoms with Gasteiger partial charge in [0.2, 0.25) is 0 Å². The lowest BCUT2D eigenvalue weighted by atomic mass is 9.94. The summed E-state index contributed by atoms with van der Waals surface area (Å²) in [5.74, 6) is 1.59. The summed E-state index contributed by atoms with van der Waals surface area (Å²) in [6.45, 7) is 2.26. The van der Waals surface area contributed by atoms with Gasteiger partial charge in [-0.3, -0.25) is 4.79 Å². The highest BCUT2D eigenvalue weighted by Crippen LogP contribution is 2.40. The van der Waals surface area contributed by atoms with Gasteiger partial charge < -0.3 is 0 Å². The highest BCUT2D eigenvalue weighted by molar-refractivity contribution is 6.67. The van der Waals surface area contributed by atoms with Gasteiger partial charge in [0.15, 0.2) is 0 Å². The molecule has 0 bridgehead atoms. The first-order valence-corrected chi connectivity index (χ1v) is 6.88. The monoisotopic (exact) mass is 250 g/mol. The van der Waals surface area contributed by atoms with Gasteiger partial charge in [0.05, 0.1) is 0 Å². The fraction of sp³-hybridized carbons (Fsp3) is 0.533. The number of hydrogen-bond donors (Lipinski definition) is 0. The van der Waals surface area contributed by atoms with Crippen molar-refractivity contribution in [2.45, 2.75) is 44.9 Å². The highest BCUT2D eigenvalue weighted by Gasteiger charge is 2.25. The second-order valence-corrected chi connectivity index (χ2v) is 5.40. The lowest BCUT2D eigenvalue weighted by molar-refractivity contribution is 0.108. The number of hydrogen-bond acceptors (Lipinski definition) is 1. The number of halogens is 1. The molecule has 0 radical (unpaired) electrons. The van der Waals surface area contributed by atoms with Crippen molar-refractivity contribution in [2.24, 2.45) is 5.92 Å². The van der Waals surface area contributed by atoms with Crippen molar-refractivity contribution in [1.82, 2.24) is 0 Å². The van der Waals surface area contributed by atoms with Crippen molar-refractivity contribution in [1.29, 1.82) is 0 Å². The Morgan fingerprint density at radius 1 is 1.29 bits per heavy atom. The fourth-order valence-corrected chi connectivity index (χ4v) is 3.06. The molecule has 0 heterocycles. The van der Waals surface area contributed by atoms with E-state index in [1.54, 1.807) is 0 Å². The molecule has 2 heteroatoms. The van der Waals surface area contributed by atoms with Crippen LogP contribution in [0.2, 0.25) is 0 Å². The van der Waals surface area contributed by atoms with Gasteiger partial charge in [-0.2, -0.15) is 0 Å². The van der Waals surface area contributed by atoms with Crippen LogP contribution in [-0.4, -0.2) is 5.24 Å². The summed E-state index contributed by atoms with van der Waals surface area (Å²) in [7, 11) is 0. The minimum atomic E-state index is -0.369. The van der Waals surface area contributed by atoms with Crippen molar-refractivity contribution in [3.63, 3.8) is 0 Å². The van der Waals surface area contributed by atoms with Crippen molar-refractivity contribution in [2.75, 3.05) is 0 Å². The van der Waals surface area contributed by atoms with Crippen LogP contribution in [0.3, 0.4) is 0 Å². The number of carbonyl (C=O) groups is 1. The van der Waals surface area contributed by atoms with Gasteiger partial charge >= 0.3 is 0 Å². The van der Waals surface area contributed by atoms with Crippen LogP contribution >= 0.6 is 11.6 Å². The molecule has 2 atom stereocenters. The van der Waals surface area contributed by atoms with Crippen LogP contribution in [0, 0.1) is 5.92 Å². The molecule has 0 unspecified atom stereocenters. The normalized spacial score (nSPS) is 23.9. The van der Waals surface area contributed by atoms with Crippen molar-refractivity contribution in [3.8, 4) is 0 Å². The summed E-state index contributed by atoms with van der Waals surface area (Å²) in [5.41, 5.74) is 1.96. The highest BCUT2D eigenvalue weighted by atomic mass is 35.5. The Balaban J connectivity index is 2.01. The summed E-state index contributed by atoms with van der Waals surface area (Å²) >= 11 is 5.44. The molecule has 1 aromatic carbocycles. The smallest absolute Gasteiger partial charge is 0.252 e. The van der Waals surface area contributed by atoms with Crippen LogP contribution in [0.5, 0.6) is 0 Å². The summed E-state index contributed by atoms with van der Waals surface area (Å²) in [4.78, 5) is 11.0. The quantitative estimate of drug-likeness (QED) is 0.705. The molecule has 1 aromatic rings. The first-order chi connectivity index (χ1) is 8.20. The molecule has 0 saturated heterocycles. The fourth-order valence-electron chi connectivity index (χ4n) is 2.93. The zero-order valence-corrected chi connectivity index (χ0v) is 11.0. The van der Waals surface area contributed by atoms with Gasteiger partial charge in [-0.1, -0.05) is 31.9 Å². The molecule has 92 valence electrons. The Morgan fingerprint density at radius 3 is 2.59 bits per heavy atom. The van der Waals surface area contributed by atoms with Gasteiger partial charge in [0.25, 0.3) is 5.24 Å². The van der Waals surface area contributed by atoms with E-state index in [4.69, 9.17) is 11.6 Å². The van der Waals surface area contributed by atoms with E-state index in [2.05, 4.69) is 19.1 Å². The third-order valence-corrected chi connectivity index (χ3v) is 4.07. The Labute approximate surface area is 108 Å². The molecular weight excluding hydrogens is 232 g/mol. The SMILES string of the molecule is CCC[C@@H]1CC[C@@H](c2ccc(C(=O)Cl)cc2)C1. The molecule has 1 nitrogen and oxygen atoms in total. The second-order valence-electron chi connectivity index (χ2n) is 5.06. The predicted octanol–water partition coefficient (Wildman–Crippen LogP) is 4.75. The predicted molar refractivity (Wildman–Crippen MR) is 71.6 cm³/mol. The average Bonchev–Trinajstić information content (AvgIpc) is 2.78. The summed E-state index contributed by atoms with van der Waals surface area (Å²) in [6.07, 6.45) is 6.60. The van der Waals surface area contributed by atoms with Crippen LogP contribution < -0.4 is 0 Å². The topological polar surface area (TPSA) is 17.1 Å². The van der Waals surface area contributed by atoms with Crippen molar-refractivity contribution in [3.05, 3.63) is 35.4 Å². The number of benzene rings is 1. The van der Waals surface area contributed by atoms with E-state index < -0.39 is 0 Å². The van der Waals surface area contributed by atoms with Gasteiger partial charge in [0.1, 0.15) is 0 Å². The van der Waals surface area contributed by atoms with Crippen LogP contribution in [0.4, 0.5) is 0 Å². The minimum absolute atomic E-state index is 0.369. The first kappa shape index (κ1) is 12.6. The van der Waals surface area contributed by atoms with Gasteiger partial charge in [-0.05, 0) is 60.4 Å². The van der Waals surface area contributed by atoms with E-state index in [1.807, 2.05) is 12.1 Å². The number of carbonyl (C=O) groups excluding carboxylic acids is 1. The molecule has 0 spiro atoms. The maximum absolute atomic E-state index is 11.0. The zero-order valence-electron chi connectivity index (χ0n) is 10.3. The zero-order chi connectivity index (χ0) is 12.3. The van der Waals surface area contributed by atoms with Gasteiger partial charge in [-0.15, -0.1) is 0 Å². The molecule has 0 aromatic heterocycles. The molecular formula is C15H19ClO. The van der Waals surface area contributed by atoms with Gasteiger partial charge in [-0.25, -0.2) is 0 Å². The second kappa shape index (κ2) is 5.68. The number of rotatable bonds is 4. The summed E-state index contributed by atoms with van der Waals surface area (Å²) < 4.78 is 0. The molecule has 17 heavy (non-hydrogen) atoms. The minimum Gasteiger partial charge on any atom is -0.276 e. The summed E-state index contributed by atoms with van der Waals surface area (Å²) in [5, 5.41) is -0.369. The first-order valence-electron chi connectivity index (χ1n) is 6.50. The van der Waals surface area contributed by atoms with Gasteiger partial charge in [0, 0.05) is 5.56 Å². The van der Waals surface area contributed by atoms with E-state index in [9.17, 15) is 4.79 Å². The van der Waals surface area contributed by atoms with Crippen molar-refractivity contribution >= 4 is 16.8 Å². The largest absolute Gasteiger partial charge is 0.276 e. The van der Waals surface area contributed by atoms with E-state index in [0.717, 1.165) is 5.92 Å². The molecule has 0 N–H and O–H groups in total. The molecule has 1 saturated carbocycles. The third kappa shape index (κ3) is 3.10. The maximum atomic E-state index is 11.0. The molecule has 1 aliphatic rings. The Kier molecular flexibility index (Phi) is 4.22. The maximum Gasteiger partial charge on any atom is 0.252 e. The third-order valence-electron chi connectivity index (χ3n) is 3.85. The van der Waals surface area contributed by atoms with Crippen LogP contribution in [0.1, 0.15) is 60.9 Å². The van der Waals surface area contributed by atoms with E-state index in [1.165, 1.54) is 37.7 Å². The molecule has 0 amide bonds. The Bertz CT molecular complexity index is 382. The van der Waals surface area contributed by atoms with E-state index in [0.29, 0.717) is 11.5 Å². The lowest BCUT2D eigenvalue weighted by Gasteiger charge is -2.11. The lowest BCUT2D eigenvalue weighted by Crippen LogP contribution is -1.97. The standard InChI is InChI=1S/C15H19ClO/c1-2-3-11-4-5-14(10-11)12-6-8-13(9-7-12)15(16)17/h6-9,11,14H,2-5,10H2,1H3/t11-,14-/m1/s1. The molecule has 2 rings (SSSR count). The van der Waals surface area contributed by atoms with E-state index >= 15 is 0 Å². The van der Waals surface area contributed by atoms with E-state index in [-0.39, 0.29) is 5.24 Å². The van der Waals surface area contributed by atoms with Crippen LogP contribution in [0.15, 0.2) is 24.3 Å². The van der Waals surface area contributed by atoms with Crippen molar-refractivity contribution < 1.29 is 4.79 Å². The molecule has 0 aliphatic heterocycles. The molecule has 1 aliphatic carbocycles. The Morgan fingerprint density at radius 2 is 2.00 bits per heavy atom. The Hall–Kier alpha value is -0.820.